The number of rotatable bonds is 6. The quantitative estimate of drug-likeness (QED) is 0.533. The van der Waals surface area contributed by atoms with Crippen molar-refractivity contribution in [3.63, 3.8) is 0 Å². The molecule has 0 unspecified atom stereocenters. The van der Waals surface area contributed by atoms with E-state index in [1.54, 1.807) is 13.2 Å². The maximum atomic E-state index is 13.4. The molecule has 0 aliphatic rings. The van der Waals surface area contributed by atoms with Crippen molar-refractivity contribution in [3.05, 3.63) is 58.9 Å². The Morgan fingerprint density at radius 2 is 1.93 bits per heavy atom. The maximum Gasteiger partial charge on any atom is 0.246 e. The number of benzene rings is 2. The van der Waals surface area contributed by atoms with Crippen molar-refractivity contribution in [2.75, 3.05) is 17.3 Å². The highest BCUT2D eigenvalue weighted by Crippen LogP contribution is 2.34. The molecule has 0 radical (unpaired) electrons. The average Bonchev–Trinajstić information content (AvgIpc) is 3.01. The third-order valence-electron chi connectivity index (χ3n) is 4.27. The molecule has 0 spiro atoms. The fourth-order valence-electron chi connectivity index (χ4n) is 2.73. The molecule has 0 saturated carbocycles. The molecule has 7 nitrogen and oxygen atoms in total. The molecule has 1 aromatic heterocycles. The smallest absolute Gasteiger partial charge is 0.246 e. The van der Waals surface area contributed by atoms with Gasteiger partial charge in [-0.1, -0.05) is 17.7 Å². The minimum atomic E-state index is -3.98. The lowest BCUT2D eigenvalue weighted by Crippen LogP contribution is -2.21. The van der Waals surface area contributed by atoms with Crippen LogP contribution in [0.25, 0.3) is 0 Å². The second-order valence-electron chi connectivity index (χ2n) is 6.35. The minimum absolute atomic E-state index is 0.00767. The summed E-state index contributed by atoms with van der Waals surface area (Å²) in [6.45, 7) is 1.38. The fourth-order valence-corrected chi connectivity index (χ4v) is 5.29. The van der Waals surface area contributed by atoms with Gasteiger partial charge in [-0.3, -0.25) is 4.79 Å². The van der Waals surface area contributed by atoms with Gasteiger partial charge < -0.3 is 11.1 Å². The number of aromatic nitrogens is 2. The second kappa shape index (κ2) is 8.66. The third-order valence-corrected chi connectivity index (χ3v) is 7.16. The van der Waals surface area contributed by atoms with Gasteiger partial charge in [0.05, 0.1) is 4.90 Å². The molecule has 3 rings (SSSR count). The molecule has 0 bridgehead atoms. The first-order valence-corrected chi connectivity index (χ1v) is 11.7. The summed E-state index contributed by atoms with van der Waals surface area (Å²) in [5.74, 6) is -1.18. The Kier molecular flexibility index (Phi) is 6.39. The summed E-state index contributed by atoms with van der Waals surface area (Å²) in [4.78, 5) is 12.3. The van der Waals surface area contributed by atoms with Crippen LogP contribution in [0.1, 0.15) is 5.56 Å². The number of hydrogen-bond acceptors (Lipinski definition) is 6. The van der Waals surface area contributed by atoms with Crippen LogP contribution < -0.4 is 11.1 Å². The van der Waals surface area contributed by atoms with E-state index in [-0.39, 0.29) is 27.2 Å². The van der Waals surface area contributed by atoms with E-state index in [4.69, 9.17) is 17.3 Å². The summed E-state index contributed by atoms with van der Waals surface area (Å²) >= 11 is 6.93. The van der Waals surface area contributed by atoms with E-state index in [0.29, 0.717) is 16.3 Å². The molecular formula is C19H18ClFN4O3S2. The standard InChI is InChI=1S/C19H18ClFN4O3S2/c1-11-3-6-13(21)9-15(11)23-16(26)10-25-18(22)17(19(24-25)29-2)30(27,28)14-7-4-12(20)5-8-14/h3-9H,10,22H2,1-2H3,(H,23,26). The van der Waals surface area contributed by atoms with E-state index in [2.05, 4.69) is 10.4 Å². The number of carbonyl (C=O) groups excluding carboxylic acids is 1. The van der Waals surface area contributed by atoms with Crippen LogP contribution in [-0.4, -0.2) is 30.4 Å². The lowest BCUT2D eigenvalue weighted by Gasteiger charge is -2.10. The highest BCUT2D eigenvalue weighted by molar-refractivity contribution is 7.99. The van der Waals surface area contributed by atoms with Crippen LogP contribution in [0.2, 0.25) is 5.02 Å². The largest absolute Gasteiger partial charge is 0.383 e. The van der Waals surface area contributed by atoms with Crippen LogP contribution in [0.4, 0.5) is 15.9 Å². The van der Waals surface area contributed by atoms with Crippen LogP contribution in [-0.2, 0) is 21.2 Å². The van der Waals surface area contributed by atoms with E-state index >= 15 is 0 Å². The molecule has 0 saturated heterocycles. The summed E-state index contributed by atoms with van der Waals surface area (Å²) in [5.41, 5.74) is 7.06. The Bertz CT molecular complexity index is 1210. The number of anilines is 2. The Morgan fingerprint density at radius 1 is 1.27 bits per heavy atom. The van der Waals surface area contributed by atoms with Crippen LogP contribution in [0.5, 0.6) is 0 Å². The summed E-state index contributed by atoms with van der Waals surface area (Å²) in [6, 6.07) is 9.69. The zero-order chi connectivity index (χ0) is 22.1. The van der Waals surface area contributed by atoms with Gasteiger partial charge in [-0.15, -0.1) is 11.8 Å². The molecule has 30 heavy (non-hydrogen) atoms. The molecule has 3 aromatic rings. The molecule has 0 atom stereocenters. The van der Waals surface area contributed by atoms with E-state index in [1.165, 1.54) is 42.5 Å². The molecule has 2 aromatic carbocycles. The van der Waals surface area contributed by atoms with E-state index < -0.39 is 21.6 Å². The summed E-state index contributed by atoms with van der Waals surface area (Å²) < 4.78 is 40.7. The number of amides is 1. The number of nitrogen functional groups attached to an aromatic ring is 1. The maximum absolute atomic E-state index is 13.4. The van der Waals surface area contributed by atoms with Crippen molar-refractivity contribution in [3.8, 4) is 0 Å². The first-order valence-electron chi connectivity index (χ1n) is 8.60. The number of aryl methyl sites for hydroxylation is 1. The van der Waals surface area contributed by atoms with Crippen LogP contribution in [0, 0.1) is 12.7 Å². The predicted molar refractivity (Wildman–Crippen MR) is 115 cm³/mol. The van der Waals surface area contributed by atoms with Crippen molar-refractivity contribution in [1.29, 1.82) is 0 Å². The SMILES string of the molecule is CSc1nn(CC(=O)Nc2cc(F)ccc2C)c(N)c1S(=O)(=O)c1ccc(Cl)cc1. The van der Waals surface area contributed by atoms with Gasteiger partial charge in [-0.25, -0.2) is 17.5 Å². The zero-order valence-electron chi connectivity index (χ0n) is 16.0. The number of sulfone groups is 1. The van der Waals surface area contributed by atoms with Crippen LogP contribution in [0.15, 0.2) is 57.3 Å². The topological polar surface area (TPSA) is 107 Å². The Morgan fingerprint density at radius 3 is 2.57 bits per heavy atom. The highest BCUT2D eigenvalue weighted by atomic mass is 35.5. The molecule has 0 aliphatic heterocycles. The van der Waals surface area contributed by atoms with Gasteiger partial charge in [0.2, 0.25) is 15.7 Å². The van der Waals surface area contributed by atoms with Gasteiger partial charge in [0.15, 0.2) is 0 Å². The fraction of sp³-hybridized carbons (Fsp3) is 0.158. The molecular weight excluding hydrogens is 451 g/mol. The molecule has 11 heteroatoms. The number of carbonyl (C=O) groups is 1. The van der Waals surface area contributed by atoms with Gasteiger partial charge in [-0.05, 0) is 55.1 Å². The highest BCUT2D eigenvalue weighted by Gasteiger charge is 2.29. The monoisotopic (exact) mass is 468 g/mol. The van der Waals surface area contributed by atoms with Crippen molar-refractivity contribution in [1.82, 2.24) is 9.78 Å². The Hall–Kier alpha value is -2.56. The number of nitrogens with zero attached hydrogens (tertiary/aromatic N) is 2. The number of halogens is 2. The molecule has 0 fully saturated rings. The first-order chi connectivity index (χ1) is 14.1. The second-order valence-corrected chi connectivity index (χ2v) is 9.46. The van der Waals surface area contributed by atoms with Gasteiger partial charge in [0.25, 0.3) is 0 Å². The van der Waals surface area contributed by atoms with Crippen molar-refractivity contribution < 1.29 is 17.6 Å². The molecule has 1 amide bonds. The lowest BCUT2D eigenvalue weighted by atomic mass is 10.2. The van der Waals surface area contributed by atoms with E-state index in [1.807, 2.05) is 0 Å². The van der Waals surface area contributed by atoms with Crippen molar-refractivity contribution in [2.45, 2.75) is 28.3 Å². The molecule has 3 N–H and O–H groups in total. The van der Waals surface area contributed by atoms with E-state index in [9.17, 15) is 17.6 Å². The lowest BCUT2D eigenvalue weighted by molar-refractivity contribution is -0.116. The summed E-state index contributed by atoms with van der Waals surface area (Å²) in [7, 11) is -3.98. The van der Waals surface area contributed by atoms with Gasteiger partial charge in [-0.2, -0.15) is 5.10 Å². The number of nitrogens with two attached hydrogens (primary N) is 1. The Balaban J connectivity index is 1.92. The summed E-state index contributed by atoms with van der Waals surface area (Å²) in [6.07, 6.45) is 1.66. The number of nitrogens with one attached hydrogen (secondary N) is 1. The summed E-state index contributed by atoms with van der Waals surface area (Å²) in [5, 5.41) is 7.32. The van der Waals surface area contributed by atoms with Gasteiger partial charge >= 0.3 is 0 Å². The molecule has 0 aliphatic carbocycles. The van der Waals surface area contributed by atoms with Gasteiger partial charge in [0.1, 0.15) is 28.1 Å². The van der Waals surface area contributed by atoms with Crippen molar-refractivity contribution in [2.24, 2.45) is 0 Å². The molecule has 1 heterocycles. The van der Waals surface area contributed by atoms with Crippen LogP contribution in [0.3, 0.4) is 0 Å². The average molecular weight is 469 g/mol. The predicted octanol–water partition coefficient (Wildman–Crippen LogP) is 3.76. The minimum Gasteiger partial charge on any atom is -0.383 e. The number of thioether (sulfide) groups is 1. The van der Waals surface area contributed by atoms with Gasteiger partial charge in [0, 0.05) is 10.7 Å². The molecule has 158 valence electrons. The first kappa shape index (κ1) is 22.1. The normalized spacial score (nSPS) is 11.5. The van der Waals surface area contributed by atoms with Crippen molar-refractivity contribution >= 4 is 50.6 Å². The van der Waals surface area contributed by atoms with E-state index in [0.717, 1.165) is 16.4 Å². The zero-order valence-corrected chi connectivity index (χ0v) is 18.4. The van der Waals surface area contributed by atoms with Crippen LogP contribution >= 0.6 is 23.4 Å². The third kappa shape index (κ3) is 4.45. The number of hydrogen-bond donors (Lipinski definition) is 2. The Labute approximate surface area is 182 Å².